The van der Waals surface area contributed by atoms with Gasteiger partial charge in [0, 0.05) is 31.6 Å². The van der Waals surface area contributed by atoms with E-state index in [-0.39, 0.29) is 30.4 Å². The second kappa shape index (κ2) is 14.9. The average Bonchev–Trinajstić information content (AvgIpc) is 3.64. The van der Waals surface area contributed by atoms with Gasteiger partial charge < -0.3 is 29.2 Å². The van der Waals surface area contributed by atoms with Crippen molar-refractivity contribution in [1.29, 1.82) is 0 Å². The van der Waals surface area contributed by atoms with Crippen molar-refractivity contribution >= 4 is 12.0 Å². The van der Waals surface area contributed by atoms with Crippen LogP contribution in [0.5, 0.6) is 5.75 Å². The summed E-state index contributed by atoms with van der Waals surface area (Å²) in [6, 6.07) is 25.4. The van der Waals surface area contributed by atoms with Gasteiger partial charge in [0.05, 0.1) is 25.9 Å². The standard InChI is InChI=1S/C38H45N3O6/c42-37(31-11-9-27(10-12-31)23-35-44-21-22-45-35)41-19-13-28(14-20-41)26-46-33-8-4-7-32(24-33)36(30-5-2-1-3-6-30)39-38(43)47-34-25-40-17-15-29(34)16-18-40/h1-12,24,28-29,34-36H,13-23,25-26H2,(H,39,43)/t34-,36-/m0/s1. The van der Waals surface area contributed by atoms with Gasteiger partial charge in [0.1, 0.15) is 11.9 Å². The third-order valence-corrected chi connectivity index (χ3v) is 10.1. The molecule has 9 nitrogen and oxygen atoms in total. The predicted molar refractivity (Wildman–Crippen MR) is 177 cm³/mol. The van der Waals surface area contributed by atoms with Crippen LogP contribution in [0.25, 0.3) is 0 Å². The Kier molecular flexibility index (Phi) is 10.0. The van der Waals surface area contributed by atoms with Crippen LogP contribution in [0.4, 0.5) is 4.79 Å². The minimum absolute atomic E-state index is 0.0526. The van der Waals surface area contributed by atoms with Gasteiger partial charge in [0.25, 0.3) is 5.91 Å². The van der Waals surface area contributed by atoms with Crippen molar-refractivity contribution in [3.8, 4) is 5.75 Å². The Labute approximate surface area is 277 Å². The molecule has 2 bridgehead atoms. The van der Waals surface area contributed by atoms with E-state index < -0.39 is 0 Å². The summed E-state index contributed by atoms with van der Waals surface area (Å²) < 4.78 is 23.4. The Morgan fingerprint density at radius 3 is 2.26 bits per heavy atom. The summed E-state index contributed by atoms with van der Waals surface area (Å²) in [5.74, 6) is 1.65. The summed E-state index contributed by atoms with van der Waals surface area (Å²) in [6.45, 7) is 6.30. The number of nitrogens with zero attached hydrogens (tertiary/aromatic N) is 2. The van der Waals surface area contributed by atoms with Crippen LogP contribution in [0.1, 0.15) is 58.8 Å². The van der Waals surface area contributed by atoms with E-state index in [0.717, 1.165) is 67.8 Å². The van der Waals surface area contributed by atoms with Gasteiger partial charge in [-0.3, -0.25) is 9.69 Å². The number of likely N-dealkylation sites (tertiary alicyclic amines) is 1. The van der Waals surface area contributed by atoms with E-state index in [0.29, 0.717) is 56.7 Å². The zero-order valence-corrected chi connectivity index (χ0v) is 26.9. The molecule has 0 spiro atoms. The van der Waals surface area contributed by atoms with Gasteiger partial charge in [-0.15, -0.1) is 0 Å². The highest BCUT2D eigenvalue weighted by molar-refractivity contribution is 5.94. The Hall–Kier alpha value is -3.92. The summed E-state index contributed by atoms with van der Waals surface area (Å²) in [6.07, 6.45) is 4.03. The monoisotopic (exact) mass is 639 g/mol. The lowest BCUT2D eigenvalue weighted by molar-refractivity contribution is -0.0400. The van der Waals surface area contributed by atoms with E-state index in [4.69, 9.17) is 18.9 Å². The van der Waals surface area contributed by atoms with Crippen molar-refractivity contribution in [2.45, 2.75) is 50.5 Å². The Morgan fingerprint density at radius 2 is 1.55 bits per heavy atom. The zero-order valence-electron chi connectivity index (χ0n) is 26.9. The predicted octanol–water partition coefficient (Wildman–Crippen LogP) is 5.44. The number of nitrogens with one attached hydrogen (secondary N) is 1. The Balaban J connectivity index is 0.918. The van der Waals surface area contributed by atoms with E-state index in [1.807, 2.05) is 83.8 Å². The smallest absolute Gasteiger partial charge is 0.408 e. The second-order valence-corrected chi connectivity index (χ2v) is 13.3. The number of hydrogen-bond acceptors (Lipinski definition) is 7. The maximum Gasteiger partial charge on any atom is 0.408 e. The number of fused-ring (bicyclic) bond motifs is 3. The number of hydrogen-bond donors (Lipinski definition) is 1. The molecule has 248 valence electrons. The molecule has 47 heavy (non-hydrogen) atoms. The molecule has 0 aromatic heterocycles. The SMILES string of the molecule is O=C(N[C@@H](c1ccccc1)c1cccc(OCC2CCN(C(=O)c3ccc(CC4OCCO4)cc3)CC2)c1)O[C@H]1CN2CCC1CC2. The molecule has 2 atom stereocenters. The summed E-state index contributed by atoms with van der Waals surface area (Å²) in [5, 5.41) is 3.15. The molecule has 8 rings (SSSR count). The van der Waals surface area contributed by atoms with Gasteiger partial charge in [-0.05, 0) is 91.6 Å². The number of carbonyl (C=O) groups excluding carboxylic acids is 2. The van der Waals surface area contributed by atoms with Gasteiger partial charge in [0.15, 0.2) is 6.29 Å². The number of amides is 2. The summed E-state index contributed by atoms with van der Waals surface area (Å²) in [5.41, 5.74) is 3.74. The van der Waals surface area contributed by atoms with E-state index >= 15 is 0 Å². The molecule has 0 radical (unpaired) electrons. The molecule has 1 N–H and O–H groups in total. The molecule has 5 heterocycles. The minimum atomic E-state index is -0.380. The minimum Gasteiger partial charge on any atom is -0.493 e. The van der Waals surface area contributed by atoms with Crippen LogP contribution < -0.4 is 10.1 Å². The molecule has 3 aromatic rings. The van der Waals surface area contributed by atoms with Crippen LogP contribution in [0.2, 0.25) is 0 Å². The molecular formula is C38H45N3O6. The molecule has 9 heteroatoms. The van der Waals surface area contributed by atoms with Gasteiger partial charge in [0.2, 0.25) is 0 Å². The van der Waals surface area contributed by atoms with Crippen LogP contribution >= 0.6 is 0 Å². The quantitative estimate of drug-likeness (QED) is 0.316. The van der Waals surface area contributed by atoms with E-state index in [1.165, 1.54) is 0 Å². The number of rotatable bonds is 10. The fraction of sp³-hybridized carbons (Fsp3) is 0.474. The summed E-state index contributed by atoms with van der Waals surface area (Å²) in [4.78, 5) is 30.7. The van der Waals surface area contributed by atoms with Gasteiger partial charge in [-0.2, -0.15) is 0 Å². The van der Waals surface area contributed by atoms with Crippen molar-refractivity contribution in [2.75, 3.05) is 52.5 Å². The first-order valence-electron chi connectivity index (χ1n) is 17.2. The van der Waals surface area contributed by atoms with Crippen molar-refractivity contribution in [3.05, 3.63) is 101 Å². The largest absolute Gasteiger partial charge is 0.493 e. The fourth-order valence-corrected chi connectivity index (χ4v) is 7.32. The summed E-state index contributed by atoms with van der Waals surface area (Å²) >= 11 is 0. The highest BCUT2D eigenvalue weighted by Crippen LogP contribution is 2.31. The maximum atomic E-state index is 13.2. The molecule has 5 fully saturated rings. The van der Waals surface area contributed by atoms with Crippen LogP contribution in [0.15, 0.2) is 78.9 Å². The van der Waals surface area contributed by atoms with Crippen molar-refractivity contribution < 1.29 is 28.5 Å². The molecule has 5 saturated heterocycles. The number of ether oxygens (including phenoxy) is 4. The Bertz CT molecular complexity index is 1480. The molecule has 0 unspecified atom stereocenters. The van der Waals surface area contributed by atoms with Crippen molar-refractivity contribution in [1.82, 2.24) is 15.1 Å². The normalized spacial score (nSPS) is 23.7. The topological polar surface area (TPSA) is 89.6 Å². The van der Waals surface area contributed by atoms with E-state index in [1.54, 1.807) is 0 Å². The molecule has 0 aliphatic carbocycles. The third kappa shape index (κ3) is 7.97. The molecule has 3 aromatic carbocycles. The van der Waals surface area contributed by atoms with Crippen molar-refractivity contribution in [3.63, 3.8) is 0 Å². The van der Waals surface area contributed by atoms with Gasteiger partial charge >= 0.3 is 6.09 Å². The highest BCUT2D eigenvalue weighted by atomic mass is 16.7. The van der Waals surface area contributed by atoms with E-state index in [2.05, 4.69) is 10.2 Å². The fourth-order valence-electron chi connectivity index (χ4n) is 7.32. The first-order chi connectivity index (χ1) is 23.1. The number of carbonyl (C=O) groups is 2. The lowest BCUT2D eigenvalue weighted by atomic mass is 9.86. The third-order valence-electron chi connectivity index (χ3n) is 10.1. The lowest BCUT2D eigenvalue weighted by Gasteiger charge is -2.43. The number of piperidine rings is 4. The van der Waals surface area contributed by atoms with Crippen LogP contribution in [0.3, 0.4) is 0 Å². The Morgan fingerprint density at radius 1 is 0.830 bits per heavy atom. The van der Waals surface area contributed by atoms with Crippen LogP contribution in [-0.2, 0) is 20.6 Å². The number of benzene rings is 3. The molecule has 2 amide bonds. The van der Waals surface area contributed by atoms with E-state index in [9.17, 15) is 9.59 Å². The summed E-state index contributed by atoms with van der Waals surface area (Å²) in [7, 11) is 0. The molecular weight excluding hydrogens is 594 g/mol. The first kappa shape index (κ1) is 31.7. The van der Waals surface area contributed by atoms with Crippen LogP contribution in [0, 0.1) is 11.8 Å². The van der Waals surface area contributed by atoms with Crippen molar-refractivity contribution in [2.24, 2.45) is 11.8 Å². The van der Waals surface area contributed by atoms with Gasteiger partial charge in [-0.1, -0.05) is 54.6 Å². The first-order valence-corrected chi connectivity index (χ1v) is 17.2. The average molecular weight is 640 g/mol. The van der Waals surface area contributed by atoms with Crippen LogP contribution in [-0.4, -0.2) is 86.7 Å². The lowest BCUT2D eigenvalue weighted by Crippen LogP contribution is -2.52. The molecule has 5 aliphatic heterocycles. The molecule has 5 aliphatic rings. The zero-order chi connectivity index (χ0) is 32.0. The van der Waals surface area contributed by atoms with Gasteiger partial charge in [-0.25, -0.2) is 4.79 Å². The highest BCUT2D eigenvalue weighted by Gasteiger charge is 2.37. The molecule has 0 saturated carbocycles. The maximum absolute atomic E-state index is 13.2. The second-order valence-electron chi connectivity index (χ2n) is 13.3. The number of alkyl carbamates (subject to hydrolysis) is 1.